The first-order valence-electron chi connectivity index (χ1n) is 8.71. The molecule has 0 aliphatic heterocycles. The third-order valence-electron chi connectivity index (χ3n) is 4.85. The Labute approximate surface area is 138 Å². The molecule has 0 saturated heterocycles. The van der Waals surface area contributed by atoms with Crippen molar-refractivity contribution in [1.82, 2.24) is 5.32 Å². The van der Waals surface area contributed by atoms with Crippen molar-refractivity contribution in [2.75, 3.05) is 11.9 Å². The van der Waals surface area contributed by atoms with E-state index in [9.17, 15) is 9.59 Å². The average molecular weight is 314 g/mol. The minimum atomic E-state index is -0.337. The van der Waals surface area contributed by atoms with Crippen LogP contribution in [0.5, 0.6) is 0 Å². The largest absolute Gasteiger partial charge is 0.355 e. The molecule has 2 aliphatic carbocycles. The van der Waals surface area contributed by atoms with Crippen molar-refractivity contribution in [2.45, 2.75) is 51.4 Å². The topological polar surface area (TPSA) is 58.2 Å². The van der Waals surface area contributed by atoms with Crippen LogP contribution in [-0.2, 0) is 15.0 Å². The standard InChI is InChI=1S/C19H26N2O2/c1-13(2)9-12-20-18(23)19(10-11-19)15-5-7-16(8-6-15)21-17(22)14-3-4-14/h5-8,13-14H,3-4,9-12H2,1-2H3,(H,20,23)(H,21,22). The SMILES string of the molecule is CC(C)CCNC(=O)C1(c2ccc(NC(=O)C3CC3)cc2)CC1. The molecule has 2 amide bonds. The predicted molar refractivity (Wildman–Crippen MR) is 91.2 cm³/mol. The molecule has 1 aromatic rings. The summed E-state index contributed by atoms with van der Waals surface area (Å²) in [6.07, 6.45) is 4.84. The molecule has 0 aromatic heterocycles. The van der Waals surface area contributed by atoms with Crippen LogP contribution in [0.3, 0.4) is 0 Å². The fraction of sp³-hybridized carbons (Fsp3) is 0.579. The molecule has 0 spiro atoms. The van der Waals surface area contributed by atoms with E-state index in [1.165, 1.54) is 0 Å². The summed E-state index contributed by atoms with van der Waals surface area (Å²) in [5, 5.41) is 6.02. The van der Waals surface area contributed by atoms with Gasteiger partial charge in [-0.1, -0.05) is 26.0 Å². The van der Waals surface area contributed by atoms with E-state index in [-0.39, 0.29) is 23.1 Å². The number of benzene rings is 1. The number of carbonyl (C=O) groups excluding carboxylic acids is 2. The molecule has 0 atom stereocenters. The molecular formula is C19H26N2O2. The van der Waals surface area contributed by atoms with Gasteiger partial charge in [0.25, 0.3) is 0 Å². The summed E-state index contributed by atoms with van der Waals surface area (Å²) in [6, 6.07) is 7.79. The Balaban J connectivity index is 1.59. The zero-order valence-corrected chi connectivity index (χ0v) is 14.0. The van der Waals surface area contributed by atoms with Gasteiger partial charge in [0.15, 0.2) is 0 Å². The molecule has 0 radical (unpaired) electrons. The Bertz CT molecular complexity index is 584. The molecular weight excluding hydrogens is 288 g/mol. The minimum absolute atomic E-state index is 0.116. The van der Waals surface area contributed by atoms with Crippen molar-refractivity contribution in [3.63, 3.8) is 0 Å². The lowest BCUT2D eigenvalue weighted by Gasteiger charge is -2.17. The van der Waals surface area contributed by atoms with E-state index >= 15 is 0 Å². The summed E-state index contributed by atoms with van der Waals surface area (Å²) in [6.45, 7) is 5.06. The van der Waals surface area contributed by atoms with Gasteiger partial charge in [0.1, 0.15) is 0 Å². The van der Waals surface area contributed by atoms with E-state index in [4.69, 9.17) is 0 Å². The summed E-state index contributed by atoms with van der Waals surface area (Å²) in [5.74, 6) is 1.06. The molecule has 0 unspecified atom stereocenters. The Morgan fingerprint density at radius 2 is 1.83 bits per heavy atom. The smallest absolute Gasteiger partial charge is 0.230 e. The molecule has 2 saturated carbocycles. The van der Waals surface area contributed by atoms with Gasteiger partial charge in [-0.15, -0.1) is 0 Å². The molecule has 2 N–H and O–H groups in total. The number of amides is 2. The highest BCUT2D eigenvalue weighted by atomic mass is 16.2. The Kier molecular flexibility index (Phi) is 4.42. The van der Waals surface area contributed by atoms with Crippen molar-refractivity contribution in [3.05, 3.63) is 29.8 Å². The molecule has 23 heavy (non-hydrogen) atoms. The highest BCUT2D eigenvalue weighted by molar-refractivity contribution is 5.94. The van der Waals surface area contributed by atoms with Crippen molar-refractivity contribution < 1.29 is 9.59 Å². The molecule has 2 fully saturated rings. The van der Waals surface area contributed by atoms with Gasteiger partial charge < -0.3 is 10.6 Å². The normalized spacial score (nSPS) is 18.6. The summed E-state index contributed by atoms with van der Waals surface area (Å²) in [7, 11) is 0. The number of hydrogen-bond acceptors (Lipinski definition) is 2. The van der Waals surface area contributed by atoms with Crippen molar-refractivity contribution in [1.29, 1.82) is 0 Å². The Morgan fingerprint density at radius 1 is 1.17 bits per heavy atom. The summed E-state index contributed by atoms with van der Waals surface area (Å²) in [5.41, 5.74) is 1.54. The van der Waals surface area contributed by atoms with Crippen molar-refractivity contribution in [2.24, 2.45) is 11.8 Å². The molecule has 124 valence electrons. The fourth-order valence-electron chi connectivity index (χ4n) is 2.88. The van der Waals surface area contributed by atoms with Gasteiger partial charge in [-0.2, -0.15) is 0 Å². The summed E-state index contributed by atoms with van der Waals surface area (Å²) in [4.78, 5) is 24.3. The van der Waals surface area contributed by atoms with Crippen LogP contribution in [0.4, 0.5) is 5.69 Å². The first kappa shape index (κ1) is 16.0. The van der Waals surface area contributed by atoms with E-state index in [0.29, 0.717) is 5.92 Å². The molecule has 2 aliphatic rings. The number of nitrogens with one attached hydrogen (secondary N) is 2. The Hall–Kier alpha value is -1.84. The third kappa shape index (κ3) is 3.74. The van der Waals surface area contributed by atoms with Gasteiger partial charge in [-0.05, 0) is 55.7 Å². The monoisotopic (exact) mass is 314 g/mol. The first-order valence-corrected chi connectivity index (χ1v) is 8.71. The van der Waals surface area contributed by atoms with E-state index < -0.39 is 0 Å². The maximum atomic E-state index is 12.5. The van der Waals surface area contributed by atoms with Gasteiger partial charge in [0.2, 0.25) is 11.8 Å². The van der Waals surface area contributed by atoms with Crippen LogP contribution >= 0.6 is 0 Å². The van der Waals surface area contributed by atoms with Gasteiger partial charge >= 0.3 is 0 Å². The predicted octanol–water partition coefficient (Wildman–Crippen LogP) is 3.23. The van der Waals surface area contributed by atoms with Crippen LogP contribution in [0.25, 0.3) is 0 Å². The van der Waals surface area contributed by atoms with Gasteiger partial charge in [-0.3, -0.25) is 9.59 Å². The lowest BCUT2D eigenvalue weighted by Crippen LogP contribution is -2.35. The van der Waals surface area contributed by atoms with Crippen molar-refractivity contribution in [3.8, 4) is 0 Å². The van der Waals surface area contributed by atoms with Crippen LogP contribution in [-0.4, -0.2) is 18.4 Å². The zero-order valence-electron chi connectivity index (χ0n) is 14.0. The molecule has 0 heterocycles. The average Bonchev–Trinajstić information content (AvgIpc) is 3.39. The second-order valence-corrected chi connectivity index (χ2v) is 7.36. The van der Waals surface area contributed by atoms with Gasteiger partial charge in [0, 0.05) is 18.2 Å². The maximum absolute atomic E-state index is 12.5. The number of hydrogen-bond donors (Lipinski definition) is 2. The highest BCUT2D eigenvalue weighted by Crippen LogP contribution is 2.48. The number of carbonyl (C=O) groups is 2. The first-order chi connectivity index (χ1) is 11.0. The van der Waals surface area contributed by atoms with Gasteiger partial charge in [-0.25, -0.2) is 0 Å². The fourth-order valence-corrected chi connectivity index (χ4v) is 2.88. The summed E-state index contributed by atoms with van der Waals surface area (Å²) >= 11 is 0. The number of anilines is 1. The van der Waals surface area contributed by atoms with Crippen LogP contribution in [0.2, 0.25) is 0 Å². The molecule has 0 bridgehead atoms. The third-order valence-corrected chi connectivity index (χ3v) is 4.85. The molecule has 3 rings (SSSR count). The van der Waals surface area contributed by atoms with Crippen LogP contribution in [0.1, 0.15) is 51.5 Å². The van der Waals surface area contributed by atoms with E-state index in [1.54, 1.807) is 0 Å². The molecule has 4 nitrogen and oxygen atoms in total. The van der Waals surface area contributed by atoms with Crippen LogP contribution in [0.15, 0.2) is 24.3 Å². The second-order valence-electron chi connectivity index (χ2n) is 7.36. The second kappa shape index (κ2) is 6.34. The van der Waals surface area contributed by atoms with E-state index in [1.807, 2.05) is 24.3 Å². The highest BCUT2D eigenvalue weighted by Gasteiger charge is 2.51. The van der Waals surface area contributed by atoms with E-state index in [0.717, 1.165) is 49.9 Å². The van der Waals surface area contributed by atoms with Crippen molar-refractivity contribution >= 4 is 17.5 Å². The minimum Gasteiger partial charge on any atom is -0.355 e. The zero-order chi connectivity index (χ0) is 16.4. The maximum Gasteiger partial charge on any atom is 0.230 e. The Morgan fingerprint density at radius 3 is 2.35 bits per heavy atom. The van der Waals surface area contributed by atoms with Crippen LogP contribution in [0, 0.1) is 11.8 Å². The summed E-state index contributed by atoms with van der Waals surface area (Å²) < 4.78 is 0. The number of rotatable bonds is 7. The molecule has 1 aromatic carbocycles. The van der Waals surface area contributed by atoms with E-state index in [2.05, 4.69) is 24.5 Å². The lowest BCUT2D eigenvalue weighted by atomic mass is 9.94. The lowest BCUT2D eigenvalue weighted by molar-refractivity contribution is -0.123. The van der Waals surface area contributed by atoms with Crippen LogP contribution < -0.4 is 10.6 Å². The quantitative estimate of drug-likeness (QED) is 0.812. The van der Waals surface area contributed by atoms with Gasteiger partial charge in [0.05, 0.1) is 5.41 Å². The molecule has 4 heteroatoms.